The molecule has 0 aliphatic carbocycles. The van der Waals surface area contributed by atoms with Gasteiger partial charge in [-0.3, -0.25) is 14.7 Å². The van der Waals surface area contributed by atoms with Gasteiger partial charge < -0.3 is 10.6 Å². The number of benzene rings is 2. The molecular formula is C23H26N4O. The Labute approximate surface area is 165 Å². The van der Waals surface area contributed by atoms with E-state index in [0.29, 0.717) is 6.54 Å². The van der Waals surface area contributed by atoms with Crippen LogP contribution < -0.4 is 10.6 Å². The van der Waals surface area contributed by atoms with Gasteiger partial charge in [-0.05, 0) is 41.0 Å². The Bertz CT molecular complexity index is 943. The first-order valence-corrected chi connectivity index (χ1v) is 9.83. The quantitative estimate of drug-likeness (QED) is 0.721. The summed E-state index contributed by atoms with van der Waals surface area (Å²) in [6.07, 6.45) is 3.67. The number of hydrogen-bond donors (Lipinski definition) is 2. The molecule has 1 aromatic heterocycles. The predicted octanol–water partition coefficient (Wildman–Crippen LogP) is 3.06. The van der Waals surface area contributed by atoms with Crippen LogP contribution in [-0.2, 0) is 4.79 Å². The molecule has 0 radical (unpaired) electrons. The summed E-state index contributed by atoms with van der Waals surface area (Å²) in [6, 6.07) is 18.8. The molecule has 2 heterocycles. The predicted molar refractivity (Wildman–Crippen MR) is 112 cm³/mol. The van der Waals surface area contributed by atoms with Crippen molar-refractivity contribution in [3.05, 3.63) is 78.1 Å². The molecule has 2 N–H and O–H groups in total. The fourth-order valence-electron chi connectivity index (χ4n) is 3.87. The Morgan fingerprint density at radius 3 is 2.89 bits per heavy atom. The van der Waals surface area contributed by atoms with Crippen LogP contribution in [0.2, 0.25) is 0 Å². The van der Waals surface area contributed by atoms with Gasteiger partial charge in [0.25, 0.3) is 0 Å². The Balaban J connectivity index is 1.42. The summed E-state index contributed by atoms with van der Waals surface area (Å²) in [4.78, 5) is 19.2. The number of fused-ring (bicyclic) bond motifs is 1. The van der Waals surface area contributed by atoms with E-state index < -0.39 is 0 Å². The van der Waals surface area contributed by atoms with Crippen molar-refractivity contribution >= 4 is 16.7 Å². The summed E-state index contributed by atoms with van der Waals surface area (Å²) < 4.78 is 0. The summed E-state index contributed by atoms with van der Waals surface area (Å²) in [6.45, 7) is 5.00. The van der Waals surface area contributed by atoms with Crippen LogP contribution in [0, 0.1) is 0 Å². The highest BCUT2D eigenvalue weighted by Crippen LogP contribution is 2.22. The first-order valence-electron chi connectivity index (χ1n) is 9.83. The minimum atomic E-state index is -0.0307. The van der Waals surface area contributed by atoms with Crippen molar-refractivity contribution < 1.29 is 4.79 Å². The maximum Gasteiger partial charge on any atom is 0.234 e. The fraction of sp³-hybridized carbons (Fsp3) is 0.304. The van der Waals surface area contributed by atoms with E-state index in [4.69, 9.17) is 0 Å². The van der Waals surface area contributed by atoms with Gasteiger partial charge in [0.1, 0.15) is 0 Å². The summed E-state index contributed by atoms with van der Waals surface area (Å²) in [5, 5.41) is 8.99. The molecular weight excluding hydrogens is 348 g/mol. The molecule has 0 saturated carbocycles. The number of pyridine rings is 1. The molecule has 1 saturated heterocycles. The number of aromatic nitrogens is 1. The lowest BCUT2D eigenvalue weighted by atomic mass is 10.0. The smallest absolute Gasteiger partial charge is 0.234 e. The van der Waals surface area contributed by atoms with Crippen molar-refractivity contribution in [2.24, 2.45) is 0 Å². The van der Waals surface area contributed by atoms with Crippen molar-refractivity contribution in [2.75, 3.05) is 26.2 Å². The number of nitrogens with one attached hydrogen (secondary N) is 2. The lowest BCUT2D eigenvalue weighted by Crippen LogP contribution is -2.49. The Morgan fingerprint density at radius 1 is 1.21 bits per heavy atom. The Morgan fingerprint density at radius 2 is 2.07 bits per heavy atom. The van der Waals surface area contributed by atoms with Crippen molar-refractivity contribution in [1.82, 2.24) is 20.5 Å². The second kappa shape index (κ2) is 8.50. The molecule has 5 heteroatoms. The fourth-order valence-corrected chi connectivity index (χ4v) is 3.87. The molecule has 1 fully saturated rings. The molecule has 2 atom stereocenters. The van der Waals surface area contributed by atoms with Crippen LogP contribution in [-0.4, -0.2) is 42.0 Å². The zero-order valence-corrected chi connectivity index (χ0v) is 16.1. The zero-order chi connectivity index (χ0) is 19.3. The summed E-state index contributed by atoms with van der Waals surface area (Å²) in [5.74, 6) is 0.0523. The van der Waals surface area contributed by atoms with Gasteiger partial charge in [0.05, 0.1) is 12.6 Å². The van der Waals surface area contributed by atoms with E-state index in [2.05, 4.69) is 56.9 Å². The summed E-state index contributed by atoms with van der Waals surface area (Å²) >= 11 is 0. The van der Waals surface area contributed by atoms with Crippen molar-refractivity contribution in [1.29, 1.82) is 0 Å². The molecule has 1 aliphatic rings. The average molecular weight is 374 g/mol. The van der Waals surface area contributed by atoms with Gasteiger partial charge in [-0.1, -0.05) is 42.5 Å². The third-order valence-electron chi connectivity index (χ3n) is 5.42. The minimum absolute atomic E-state index is 0.0307. The van der Waals surface area contributed by atoms with Crippen LogP contribution in [0.5, 0.6) is 0 Å². The van der Waals surface area contributed by atoms with Gasteiger partial charge in [0.2, 0.25) is 5.91 Å². The standard InChI is InChI=1S/C23H26N4O/c1-17(19-9-8-18-5-2-3-6-20(18)13-19)26-23(28)16-27-12-11-25-15-22(27)21-7-4-10-24-14-21/h2-10,13-14,17,22,25H,11-12,15-16H2,1H3,(H,26,28). The first kappa shape index (κ1) is 18.6. The average Bonchev–Trinajstić information content (AvgIpc) is 2.74. The number of piperazine rings is 1. The summed E-state index contributed by atoms with van der Waals surface area (Å²) in [5.41, 5.74) is 2.27. The Kier molecular flexibility index (Phi) is 5.65. The SMILES string of the molecule is CC(NC(=O)CN1CCNCC1c1cccnc1)c1ccc2ccccc2c1. The number of hydrogen-bond acceptors (Lipinski definition) is 4. The topological polar surface area (TPSA) is 57.3 Å². The molecule has 2 aromatic carbocycles. The van der Waals surface area contributed by atoms with Gasteiger partial charge in [-0.2, -0.15) is 0 Å². The van der Waals surface area contributed by atoms with E-state index in [9.17, 15) is 4.79 Å². The van der Waals surface area contributed by atoms with Crippen molar-refractivity contribution in [3.63, 3.8) is 0 Å². The number of rotatable bonds is 5. The highest BCUT2D eigenvalue weighted by Gasteiger charge is 2.26. The van der Waals surface area contributed by atoms with Gasteiger partial charge in [-0.15, -0.1) is 0 Å². The van der Waals surface area contributed by atoms with Crippen LogP contribution in [0.3, 0.4) is 0 Å². The van der Waals surface area contributed by atoms with Crippen LogP contribution in [0.15, 0.2) is 67.0 Å². The zero-order valence-electron chi connectivity index (χ0n) is 16.1. The molecule has 4 rings (SSSR count). The number of carbonyl (C=O) groups excluding carboxylic acids is 1. The second-order valence-electron chi connectivity index (χ2n) is 7.37. The van der Waals surface area contributed by atoms with Gasteiger partial charge in [-0.25, -0.2) is 0 Å². The van der Waals surface area contributed by atoms with Crippen molar-refractivity contribution in [2.45, 2.75) is 19.0 Å². The molecule has 1 amide bonds. The van der Waals surface area contributed by atoms with Crippen LogP contribution in [0.4, 0.5) is 0 Å². The second-order valence-corrected chi connectivity index (χ2v) is 7.37. The highest BCUT2D eigenvalue weighted by atomic mass is 16.2. The maximum absolute atomic E-state index is 12.7. The lowest BCUT2D eigenvalue weighted by molar-refractivity contribution is -0.123. The lowest BCUT2D eigenvalue weighted by Gasteiger charge is -2.36. The van der Waals surface area contributed by atoms with E-state index in [1.807, 2.05) is 31.3 Å². The Hall–Kier alpha value is -2.76. The largest absolute Gasteiger partial charge is 0.348 e. The van der Waals surface area contributed by atoms with Gasteiger partial charge >= 0.3 is 0 Å². The molecule has 0 bridgehead atoms. The highest BCUT2D eigenvalue weighted by molar-refractivity contribution is 5.83. The molecule has 3 aromatic rings. The third kappa shape index (κ3) is 4.21. The molecule has 0 spiro atoms. The first-order chi connectivity index (χ1) is 13.7. The third-order valence-corrected chi connectivity index (χ3v) is 5.42. The number of carbonyl (C=O) groups is 1. The molecule has 1 aliphatic heterocycles. The van der Waals surface area contributed by atoms with Crippen molar-refractivity contribution in [3.8, 4) is 0 Å². The van der Waals surface area contributed by atoms with Crippen LogP contribution in [0.25, 0.3) is 10.8 Å². The van der Waals surface area contributed by atoms with Gasteiger partial charge in [0.15, 0.2) is 0 Å². The monoisotopic (exact) mass is 374 g/mol. The molecule has 2 unspecified atom stereocenters. The van der Waals surface area contributed by atoms with Crippen LogP contribution in [0.1, 0.15) is 30.1 Å². The maximum atomic E-state index is 12.7. The summed E-state index contributed by atoms with van der Waals surface area (Å²) in [7, 11) is 0. The molecule has 5 nitrogen and oxygen atoms in total. The van der Waals surface area contributed by atoms with Crippen LogP contribution >= 0.6 is 0 Å². The molecule has 144 valence electrons. The van der Waals surface area contributed by atoms with E-state index in [1.165, 1.54) is 10.8 Å². The molecule has 28 heavy (non-hydrogen) atoms. The normalized spacial score (nSPS) is 18.7. The van der Waals surface area contributed by atoms with E-state index in [-0.39, 0.29) is 18.0 Å². The van der Waals surface area contributed by atoms with Gasteiger partial charge in [0, 0.05) is 38.1 Å². The van der Waals surface area contributed by atoms with E-state index in [0.717, 1.165) is 30.8 Å². The number of amides is 1. The van der Waals surface area contributed by atoms with E-state index in [1.54, 1.807) is 6.20 Å². The van der Waals surface area contributed by atoms with E-state index >= 15 is 0 Å². The number of nitrogens with zero attached hydrogens (tertiary/aromatic N) is 2. The minimum Gasteiger partial charge on any atom is -0.348 e.